The van der Waals surface area contributed by atoms with Crippen LogP contribution in [0.3, 0.4) is 0 Å². The molecule has 5 aromatic carbocycles. The minimum atomic E-state index is -0.550. The first-order valence-electron chi connectivity index (χ1n) is 19.1. The van der Waals surface area contributed by atoms with Gasteiger partial charge in [0.25, 0.3) is 0 Å². The molecule has 0 saturated heterocycles. The van der Waals surface area contributed by atoms with Crippen molar-refractivity contribution in [2.75, 3.05) is 0 Å². The highest BCUT2D eigenvalue weighted by atomic mass is 14.9. The highest BCUT2D eigenvalue weighted by molar-refractivity contribution is 6.07. The fourth-order valence-corrected chi connectivity index (χ4v) is 9.01. The smallest absolute Gasteiger partial charge is 0.141 e. The van der Waals surface area contributed by atoms with Gasteiger partial charge < -0.3 is 16.8 Å². The van der Waals surface area contributed by atoms with Gasteiger partial charge in [-0.05, 0) is 121 Å². The molecule has 272 valence electrons. The summed E-state index contributed by atoms with van der Waals surface area (Å²) in [5.41, 5.74) is 27.8. The molecule has 6 aromatic rings. The number of aromatic nitrogens is 1. The third kappa shape index (κ3) is 5.75. The van der Waals surface area contributed by atoms with Crippen LogP contribution in [-0.2, 0) is 11.8 Å². The van der Waals surface area contributed by atoms with Crippen LogP contribution in [0.1, 0.15) is 51.1 Å². The van der Waals surface area contributed by atoms with Gasteiger partial charge in [0, 0.05) is 23.2 Å². The molecule has 1 atom stereocenters. The van der Waals surface area contributed by atoms with Crippen LogP contribution in [0.2, 0.25) is 0 Å². The van der Waals surface area contributed by atoms with Crippen molar-refractivity contribution >= 4 is 22.2 Å². The van der Waals surface area contributed by atoms with Gasteiger partial charge in [-0.15, -0.1) is 0 Å². The summed E-state index contributed by atoms with van der Waals surface area (Å²) < 4.78 is 0. The summed E-state index contributed by atoms with van der Waals surface area (Å²) in [6.45, 7) is 0. The number of dihydropyridines is 1. The van der Waals surface area contributed by atoms with Gasteiger partial charge >= 0.3 is 0 Å². The molecule has 2 heterocycles. The number of rotatable bonds is 8. The number of fused-ring (bicyclic) bond motifs is 12. The maximum absolute atomic E-state index is 9.31. The average Bonchev–Trinajstić information content (AvgIpc) is 3.73. The lowest BCUT2D eigenvalue weighted by Gasteiger charge is -2.31. The predicted molar refractivity (Wildman–Crippen MR) is 230 cm³/mol. The van der Waals surface area contributed by atoms with Gasteiger partial charge in [0.2, 0.25) is 0 Å². The highest BCUT2D eigenvalue weighted by Crippen LogP contribution is 2.64. The summed E-state index contributed by atoms with van der Waals surface area (Å²) in [5.74, 6) is 0. The molecular weight excluding hydrogens is 697 g/mol. The van der Waals surface area contributed by atoms with E-state index in [2.05, 4.69) is 144 Å². The highest BCUT2D eigenvalue weighted by Gasteiger charge is 2.52. The lowest BCUT2D eigenvalue weighted by molar-refractivity contribution is 0.789. The van der Waals surface area contributed by atoms with Crippen LogP contribution >= 0.6 is 0 Å². The fourth-order valence-electron chi connectivity index (χ4n) is 9.01. The molecule has 2 aliphatic carbocycles. The molecule has 1 unspecified atom stereocenters. The summed E-state index contributed by atoms with van der Waals surface area (Å²) in [4.78, 5) is 4.07. The Hall–Kier alpha value is -7.67. The van der Waals surface area contributed by atoms with E-state index in [0.29, 0.717) is 24.2 Å². The summed E-state index contributed by atoms with van der Waals surface area (Å²) >= 11 is 0. The van der Waals surface area contributed by atoms with E-state index in [0.717, 1.165) is 22.4 Å². The van der Waals surface area contributed by atoms with Crippen molar-refractivity contribution in [3.05, 3.63) is 220 Å². The molecule has 6 nitrogen and oxygen atoms in total. The number of nitriles is 2. The number of nitrogens with one attached hydrogen (secondary N) is 1. The molecule has 0 radical (unpaired) electrons. The van der Waals surface area contributed by atoms with Crippen molar-refractivity contribution in [1.82, 2.24) is 10.3 Å². The maximum Gasteiger partial charge on any atom is 0.141 e. The molecule has 1 spiro atoms. The number of hydrogen-bond acceptors (Lipinski definition) is 6. The second-order valence-electron chi connectivity index (χ2n) is 14.4. The molecular formula is C51H38N6. The van der Waals surface area contributed by atoms with Crippen LogP contribution in [0.15, 0.2) is 176 Å². The van der Waals surface area contributed by atoms with E-state index in [-0.39, 0.29) is 6.04 Å². The van der Waals surface area contributed by atoms with Gasteiger partial charge in [-0.2, -0.15) is 10.5 Å². The first-order chi connectivity index (χ1) is 28.1. The Kier molecular flexibility index (Phi) is 8.93. The van der Waals surface area contributed by atoms with Crippen LogP contribution < -0.4 is 16.8 Å². The van der Waals surface area contributed by atoms with Gasteiger partial charge in [0.15, 0.2) is 0 Å². The number of nitrogens with zero attached hydrogens (tertiary/aromatic N) is 3. The van der Waals surface area contributed by atoms with Crippen LogP contribution in [0.5, 0.6) is 0 Å². The van der Waals surface area contributed by atoms with Crippen molar-refractivity contribution in [2.24, 2.45) is 11.5 Å². The number of benzene rings is 5. The van der Waals surface area contributed by atoms with Gasteiger partial charge in [0.1, 0.15) is 11.8 Å². The van der Waals surface area contributed by atoms with Crippen LogP contribution in [0.25, 0.3) is 44.4 Å². The summed E-state index contributed by atoms with van der Waals surface area (Å²) in [5, 5.41) is 24.8. The molecule has 3 aliphatic rings. The Bertz CT molecular complexity index is 2840. The molecule has 0 bridgehead atoms. The lowest BCUT2D eigenvalue weighted by atomic mass is 9.69. The minimum absolute atomic E-state index is 0.130. The Balaban J connectivity index is 1.21. The molecule has 6 heteroatoms. The van der Waals surface area contributed by atoms with E-state index < -0.39 is 5.41 Å². The number of nitrogens with two attached hydrogens (primary N) is 2. The topological polar surface area (TPSA) is 125 Å². The van der Waals surface area contributed by atoms with E-state index in [1.807, 2.05) is 30.4 Å². The molecule has 1 aromatic heterocycles. The van der Waals surface area contributed by atoms with Crippen LogP contribution in [0.4, 0.5) is 0 Å². The Morgan fingerprint density at radius 1 is 0.825 bits per heavy atom. The molecule has 9 rings (SSSR count). The third-order valence-corrected chi connectivity index (χ3v) is 11.4. The summed E-state index contributed by atoms with van der Waals surface area (Å²) in [6.07, 6.45) is 20.2. The number of pyridine rings is 1. The van der Waals surface area contributed by atoms with E-state index >= 15 is 0 Å². The van der Waals surface area contributed by atoms with Crippen molar-refractivity contribution in [3.63, 3.8) is 0 Å². The van der Waals surface area contributed by atoms with Crippen molar-refractivity contribution in [1.29, 1.82) is 10.5 Å². The molecule has 0 amide bonds. The van der Waals surface area contributed by atoms with Crippen molar-refractivity contribution in [3.8, 4) is 34.4 Å². The van der Waals surface area contributed by atoms with Gasteiger partial charge in [-0.25, -0.2) is 4.98 Å². The summed E-state index contributed by atoms with van der Waals surface area (Å²) in [6, 6.07) is 43.6. The number of allylic oxidation sites excluding steroid dienone is 6. The fraction of sp³-hybridized carbons (Fsp3) is 0.0784. The lowest BCUT2D eigenvalue weighted by Crippen LogP contribution is -2.30. The monoisotopic (exact) mass is 734 g/mol. The molecule has 57 heavy (non-hydrogen) atoms. The molecule has 5 N–H and O–H groups in total. The largest absolute Gasteiger partial charge is 0.405 e. The minimum Gasteiger partial charge on any atom is -0.405 e. The van der Waals surface area contributed by atoms with Crippen molar-refractivity contribution < 1.29 is 0 Å². The van der Waals surface area contributed by atoms with Gasteiger partial charge in [-0.1, -0.05) is 121 Å². The first-order valence-corrected chi connectivity index (χ1v) is 19.1. The second-order valence-corrected chi connectivity index (χ2v) is 14.4. The quantitative estimate of drug-likeness (QED) is 0.134. The Labute approximate surface area is 332 Å². The van der Waals surface area contributed by atoms with Crippen molar-refractivity contribution in [2.45, 2.75) is 24.3 Å². The van der Waals surface area contributed by atoms with E-state index in [4.69, 9.17) is 11.5 Å². The Morgan fingerprint density at radius 2 is 1.58 bits per heavy atom. The number of hydrogen-bond donors (Lipinski definition) is 3. The normalized spacial score (nSPS) is 16.2. The Morgan fingerprint density at radius 3 is 2.33 bits per heavy atom. The standard InChI is InChI=1S/C51H38N6/c52-26-10-12-33(24-27-53)48-20-9-21-49(57-48)36-22-23-42-45(31-36)51(43-17-6-4-14-39(43)40-15-5-7-18-44(40)51)46-30-34(38-13-2-3-16-41(38)50(42)46)11-1-8-19-47(55)35-25-28-56-37(29-35)32-54/h1-9,12-25,27-31,48,57H,10-11,53,55H2/b8-1-,27-24-,33-12+,47-19-. The molecule has 0 saturated carbocycles. The SMILES string of the molecule is N#CC/C=C(\C=C/N)C1C=CC=C(c2ccc3c(c2)C2(c4ccccc4-c4ccccc42)c2cc(C/C=C\C=C(/N)c4ccnc(C#N)c4)c4ccccc4c2-3)N1. The van der Waals surface area contributed by atoms with E-state index in [9.17, 15) is 10.5 Å². The third-order valence-electron chi connectivity index (χ3n) is 11.4. The first kappa shape index (κ1) is 35.1. The average molecular weight is 735 g/mol. The second kappa shape index (κ2) is 14.5. The van der Waals surface area contributed by atoms with Crippen LogP contribution in [0, 0.1) is 22.7 Å². The zero-order chi connectivity index (χ0) is 38.9. The molecule has 0 fully saturated rings. The zero-order valence-electron chi connectivity index (χ0n) is 31.2. The van der Waals surface area contributed by atoms with E-state index in [1.165, 1.54) is 67.0 Å². The molecule has 1 aliphatic heterocycles. The maximum atomic E-state index is 9.31. The predicted octanol–water partition coefficient (Wildman–Crippen LogP) is 9.73. The zero-order valence-corrected chi connectivity index (χ0v) is 31.2. The van der Waals surface area contributed by atoms with Gasteiger partial charge in [-0.3, -0.25) is 0 Å². The van der Waals surface area contributed by atoms with E-state index in [1.54, 1.807) is 12.3 Å². The van der Waals surface area contributed by atoms with Crippen LogP contribution in [-0.4, -0.2) is 11.0 Å². The van der Waals surface area contributed by atoms with Gasteiger partial charge in [0.05, 0.1) is 23.9 Å². The summed E-state index contributed by atoms with van der Waals surface area (Å²) in [7, 11) is 0.